The fraction of sp³-hybridized carbons (Fsp3) is 0.286. The van der Waals surface area contributed by atoms with Crippen molar-refractivity contribution in [2.45, 2.75) is 26.7 Å². The van der Waals surface area contributed by atoms with Gasteiger partial charge in [0.1, 0.15) is 5.69 Å². The Morgan fingerprint density at radius 1 is 1.39 bits per heavy atom. The Morgan fingerprint density at radius 3 is 2.72 bits per heavy atom. The number of carbonyl (C=O) groups is 1. The van der Waals surface area contributed by atoms with Gasteiger partial charge in [-0.2, -0.15) is 0 Å². The topological polar surface area (TPSA) is 66.0 Å². The average molecular weight is 244 g/mol. The highest BCUT2D eigenvalue weighted by atomic mass is 16.4. The zero-order valence-corrected chi connectivity index (χ0v) is 10.7. The molecule has 1 aromatic carbocycles. The van der Waals surface area contributed by atoms with Gasteiger partial charge in [0.2, 0.25) is 0 Å². The second-order valence-electron chi connectivity index (χ2n) is 4.66. The normalized spacial score (nSPS) is 10.9. The van der Waals surface area contributed by atoms with Crippen molar-refractivity contribution in [2.75, 3.05) is 0 Å². The smallest absolute Gasteiger partial charge is 0.354 e. The first-order valence-electron chi connectivity index (χ1n) is 5.88. The summed E-state index contributed by atoms with van der Waals surface area (Å²) in [6, 6.07) is 6.09. The third-order valence-electron chi connectivity index (χ3n) is 3.04. The molecule has 0 fully saturated rings. The SMILES string of the molecule is Cc1ccc(C(C)C)cc1-c1nc[nH]c1C(=O)O. The van der Waals surface area contributed by atoms with Crippen LogP contribution < -0.4 is 0 Å². The quantitative estimate of drug-likeness (QED) is 0.871. The molecule has 0 aliphatic rings. The maximum absolute atomic E-state index is 11.1. The number of hydrogen-bond donors (Lipinski definition) is 2. The van der Waals surface area contributed by atoms with Crippen molar-refractivity contribution in [2.24, 2.45) is 0 Å². The number of aromatic nitrogens is 2. The summed E-state index contributed by atoms with van der Waals surface area (Å²) in [5, 5.41) is 9.11. The number of hydrogen-bond acceptors (Lipinski definition) is 2. The third kappa shape index (κ3) is 2.14. The number of nitrogens with zero attached hydrogens (tertiary/aromatic N) is 1. The summed E-state index contributed by atoms with van der Waals surface area (Å²) in [7, 11) is 0. The molecule has 2 rings (SSSR count). The molecule has 0 radical (unpaired) electrons. The van der Waals surface area contributed by atoms with Crippen LogP contribution in [-0.4, -0.2) is 21.0 Å². The van der Waals surface area contributed by atoms with E-state index in [1.165, 1.54) is 11.9 Å². The van der Waals surface area contributed by atoms with E-state index in [0.29, 0.717) is 11.6 Å². The van der Waals surface area contributed by atoms with Crippen molar-refractivity contribution in [3.8, 4) is 11.3 Å². The lowest BCUT2D eigenvalue weighted by Gasteiger charge is -2.10. The molecule has 4 nitrogen and oxygen atoms in total. The number of H-pyrrole nitrogens is 1. The lowest BCUT2D eigenvalue weighted by molar-refractivity contribution is 0.0692. The lowest BCUT2D eigenvalue weighted by atomic mass is 9.96. The summed E-state index contributed by atoms with van der Waals surface area (Å²) in [6.45, 7) is 6.17. The molecule has 4 heteroatoms. The van der Waals surface area contributed by atoms with Crippen molar-refractivity contribution in [3.63, 3.8) is 0 Å². The molecule has 0 amide bonds. The van der Waals surface area contributed by atoms with Gasteiger partial charge in [-0.05, 0) is 30.0 Å². The summed E-state index contributed by atoms with van der Waals surface area (Å²) >= 11 is 0. The van der Waals surface area contributed by atoms with Gasteiger partial charge in [0.25, 0.3) is 0 Å². The average Bonchev–Trinajstić information content (AvgIpc) is 2.78. The van der Waals surface area contributed by atoms with Gasteiger partial charge in [-0.25, -0.2) is 9.78 Å². The Balaban J connectivity index is 2.59. The van der Waals surface area contributed by atoms with Crippen LogP contribution in [0.5, 0.6) is 0 Å². The number of aryl methyl sites for hydroxylation is 1. The van der Waals surface area contributed by atoms with Gasteiger partial charge in [0.05, 0.1) is 6.33 Å². The number of rotatable bonds is 3. The van der Waals surface area contributed by atoms with Crippen LogP contribution in [0.15, 0.2) is 24.5 Å². The number of aromatic amines is 1. The fourth-order valence-corrected chi connectivity index (χ4v) is 1.92. The van der Waals surface area contributed by atoms with Crippen molar-refractivity contribution in [3.05, 3.63) is 41.3 Å². The minimum Gasteiger partial charge on any atom is -0.477 e. The Labute approximate surface area is 106 Å². The molecule has 0 spiro atoms. The molecular weight excluding hydrogens is 228 g/mol. The molecule has 2 aromatic rings. The summed E-state index contributed by atoms with van der Waals surface area (Å²) in [5.74, 6) is -0.589. The summed E-state index contributed by atoms with van der Waals surface area (Å²) in [6.07, 6.45) is 1.42. The van der Waals surface area contributed by atoms with Crippen molar-refractivity contribution < 1.29 is 9.90 Å². The van der Waals surface area contributed by atoms with E-state index in [4.69, 9.17) is 5.11 Å². The molecule has 0 aliphatic carbocycles. The first-order valence-corrected chi connectivity index (χ1v) is 5.88. The van der Waals surface area contributed by atoms with E-state index in [-0.39, 0.29) is 5.69 Å². The zero-order valence-electron chi connectivity index (χ0n) is 10.7. The summed E-state index contributed by atoms with van der Waals surface area (Å²) < 4.78 is 0. The van der Waals surface area contributed by atoms with E-state index >= 15 is 0 Å². The van der Waals surface area contributed by atoms with Crippen LogP contribution in [0, 0.1) is 6.92 Å². The molecule has 0 unspecified atom stereocenters. The number of benzene rings is 1. The molecule has 94 valence electrons. The molecule has 0 saturated carbocycles. The van der Waals surface area contributed by atoms with Gasteiger partial charge >= 0.3 is 5.97 Å². The van der Waals surface area contributed by atoms with Gasteiger partial charge in [0, 0.05) is 5.56 Å². The fourth-order valence-electron chi connectivity index (χ4n) is 1.92. The Morgan fingerprint density at radius 2 is 2.11 bits per heavy atom. The van der Waals surface area contributed by atoms with Crippen molar-refractivity contribution in [1.29, 1.82) is 0 Å². The molecule has 0 aliphatic heterocycles. The van der Waals surface area contributed by atoms with Crippen molar-refractivity contribution >= 4 is 5.97 Å². The molecular formula is C14H16N2O2. The summed E-state index contributed by atoms with van der Waals surface area (Å²) in [5.41, 5.74) is 3.71. The molecule has 1 heterocycles. The second kappa shape index (κ2) is 4.64. The van der Waals surface area contributed by atoms with E-state index in [1.54, 1.807) is 0 Å². The van der Waals surface area contributed by atoms with Crippen LogP contribution in [0.3, 0.4) is 0 Å². The van der Waals surface area contributed by atoms with Crippen LogP contribution in [-0.2, 0) is 0 Å². The van der Waals surface area contributed by atoms with Gasteiger partial charge < -0.3 is 10.1 Å². The predicted octanol–water partition coefficient (Wildman–Crippen LogP) is 3.21. The van der Waals surface area contributed by atoms with Gasteiger partial charge in [-0.1, -0.05) is 26.0 Å². The zero-order chi connectivity index (χ0) is 13.3. The Hall–Kier alpha value is -2.10. The van der Waals surface area contributed by atoms with Crippen LogP contribution >= 0.6 is 0 Å². The minimum absolute atomic E-state index is 0.138. The maximum Gasteiger partial charge on any atom is 0.354 e. The number of nitrogens with one attached hydrogen (secondary N) is 1. The first kappa shape index (κ1) is 12.4. The molecule has 0 bridgehead atoms. The van der Waals surface area contributed by atoms with Crippen LogP contribution in [0.25, 0.3) is 11.3 Å². The lowest BCUT2D eigenvalue weighted by Crippen LogP contribution is -2.00. The molecule has 1 aromatic heterocycles. The number of aromatic carboxylic acids is 1. The van der Waals surface area contributed by atoms with Gasteiger partial charge in [-0.15, -0.1) is 0 Å². The van der Waals surface area contributed by atoms with E-state index in [0.717, 1.165) is 11.1 Å². The van der Waals surface area contributed by atoms with Crippen LogP contribution in [0.1, 0.15) is 41.4 Å². The van der Waals surface area contributed by atoms with E-state index < -0.39 is 5.97 Å². The summed E-state index contributed by atoms with van der Waals surface area (Å²) in [4.78, 5) is 17.9. The van der Waals surface area contributed by atoms with E-state index in [1.807, 2.05) is 19.1 Å². The highest BCUT2D eigenvalue weighted by Gasteiger charge is 2.16. The third-order valence-corrected chi connectivity index (χ3v) is 3.04. The van der Waals surface area contributed by atoms with Crippen LogP contribution in [0.2, 0.25) is 0 Å². The second-order valence-corrected chi connectivity index (χ2v) is 4.66. The number of carboxylic acid groups (broad SMARTS) is 1. The first-order chi connectivity index (χ1) is 8.50. The van der Waals surface area contributed by atoms with Gasteiger partial charge in [0.15, 0.2) is 5.69 Å². The molecule has 0 saturated heterocycles. The maximum atomic E-state index is 11.1. The number of carboxylic acids is 1. The monoisotopic (exact) mass is 244 g/mol. The van der Waals surface area contributed by atoms with Gasteiger partial charge in [-0.3, -0.25) is 0 Å². The molecule has 2 N–H and O–H groups in total. The molecule has 18 heavy (non-hydrogen) atoms. The van der Waals surface area contributed by atoms with E-state index in [9.17, 15) is 4.79 Å². The Kier molecular flexibility index (Phi) is 3.19. The highest BCUT2D eigenvalue weighted by molar-refractivity contribution is 5.93. The minimum atomic E-state index is -0.989. The van der Waals surface area contributed by atoms with Crippen molar-refractivity contribution in [1.82, 2.24) is 9.97 Å². The highest BCUT2D eigenvalue weighted by Crippen LogP contribution is 2.28. The number of imidazole rings is 1. The predicted molar refractivity (Wildman–Crippen MR) is 69.8 cm³/mol. The Bertz CT molecular complexity index is 585. The standard InChI is InChI=1S/C14H16N2O2/c1-8(2)10-5-4-9(3)11(6-10)12-13(14(17)18)16-7-15-12/h4-8H,1-3H3,(H,15,16)(H,17,18). The van der Waals surface area contributed by atoms with E-state index in [2.05, 4.69) is 29.9 Å². The molecule has 0 atom stereocenters. The van der Waals surface area contributed by atoms with Crippen LogP contribution in [0.4, 0.5) is 0 Å². The largest absolute Gasteiger partial charge is 0.477 e.